The van der Waals surface area contributed by atoms with Crippen LogP contribution in [0.5, 0.6) is 0 Å². The first kappa shape index (κ1) is 13.2. The molecule has 0 spiro atoms. The molecule has 0 aromatic rings. The Morgan fingerprint density at radius 2 is 2.50 bits per heavy atom. The molecule has 0 heterocycles. The van der Waals surface area contributed by atoms with Gasteiger partial charge in [0.15, 0.2) is 0 Å². The normalized spacial score (nSPS) is 19.6. The number of methoxy groups -OCH3 is 1. The molecule has 0 aromatic heterocycles. The maximum Gasteiger partial charge on any atom is 0.243 e. The van der Waals surface area contributed by atoms with Crippen molar-refractivity contribution >= 4 is 5.91 Å². The van der Waals surface area contributed by atoms with E-state index in [1.165, 1.54) is 5.57 Å². The quantitative estimate of drug-likeness (QED) is 0.299. The molecule has 1 atom stereocenters. The van der Waals surface area contributed by atoms with Gasteiger partial charge in [-0.2, -0.15) is 0 Å². The predicted molar refractivity (Wildman–Crippen MR) is 57.8 cm³/mol. The van der Waals surface area contributed by atoms with E-state index in [1.54, 1.807) is 12.6 Å². The lowest BCUT2D eigenvalue weighted by Gasteiger charge is -2.15. The highest BCUT2D eigenvalue weighted by Crippen LogP contribution is 2.26. The zero-order chi connectivity index (χ0) is 11.8. The van der Waals surface area contributed by atoms with Gasteiger partial charge in [-0.3, -0.25) is 10.0 Å². The largest absolute Gasteiger partial charge is 0.359 e. The Kier molecular flexibility index (Phi) is 6.07. The molecule has 0 fully saturated rings. The van der Waals surface area contributed by atoms with Crippen LogP contribution in [-0.4, -0.2) is 31.1 Å². The van der Waals surface area contributed by atoms with Crippen LogP contribution >= 0.6 is 0 Å². The molecule has 16 heavy (non-hydrogen) atoms. The maximum absolute atomic E-state index is 10.8. The molecule has 1 aliphatic rings. The second-order valence-electron chi connectivity index (χ2n) is 3.81. The molecule has 1 amide bonds. The van der Waals surface area contributed by atoms with Crippen molar-refractivity contribution in [3.63, 3.8) is 0 Å². The Morgan fingerprint density at radius 3 is 3.19 bits per heavy atom. The number of hydroxylamine groups is 1. The lowest BCUT2D eigenvalue weighted by atomic mass is 10.1. The van der Waals surface area contributed by atoms with Crippen molar-refractivity contribution in [1.29, 1.82) is 0 Å². The second-order valence-corrected chi connectivity index (χ2v) is 3.81. The second kappa shape index (κ2) is 7.38. The number of carbonyl (C=O) groups is 1. The number of hydrogen-bond acceptors (Lipinski definition) is 4. The summed E-state index contributed by atoms with van der Waals surface area (Å²) in [6.45, 7) is 0.305. The van der Waals surface area contributed by atoms with Gasteiger partial charge in [-0.25, -0.2) is 5.48 Å². The summed E-state index contributed by atoms with van der Waals surface area (Å²) in [5.41, 5.74) is 2.86. The van der Waals surface area contributed by atoms with Crippen LogP contribution in [0.25, 0.3) is 0 Å². The smallest absolute Gasteiger partial charge is 0.243 e. The molecule has 1 rings (SSSR count). The number of hydrogen-bond donors (Lipinski definition) is 2. The molecule has 0 unspecified atom stereocenters. The number of ether oxygens (including phenoxy) is 2. The molecule has 5 heteroatoms. The molecule has 0 saturated carbocycles. The van der Waals surface area contributed by atoms with Crippen molar-refractivity contribution in [1.82, 2.24) is 5.48 Å². The zero-order valence-electron chi connectivity index (χ0n) is 9.57. The van der Waals surface area contributed by atoms with Crippen LogP contribution in [0.1, 0.15) is 32.1 Å². The minimum absolute atomic E-state index is 0.136. The van der Waals surface area contributed by atoms with Crippen LogP contribution in [-0.2, 0) is 14.3 Å². The molecule has 2 N–H and O–H groups in total. The molecular weight excluding hydrogens is 210 g/mol. The first-order chi connectivity index (χ1) is 7.77. The monoisotopic (exact) mass is 229 g/mol. The van der Waals surface area contributed by atoms with Crippen molar-refractivity contribution in [2.45, 2.75) is 38.2 Å². The standard InChI is InChI=1S/C11H19NO4/c1-15-8-16-10-6-2-4-9(10)5-3-7-11(13)12-14/h4,10,14H,2-3,5-8H2,1H3,(H,12,13)/t10-/m1/s1. The molecule has 0 radical (unpaired) electrons. The number of carbonyl (C=O) groups excluding carboxylic acids is 1. The van der Waals surface area contributed by atoms with Gasteiger partial charge in [-0.15, -0.1) is 0 Å². The van der Waals surface area contributed by atoms with Crippen LogP contribution in [0.15, 0.2) is 11.6 Å². The van der Waals surface area contributed by atoms with E-state index in [2.05, 4.69) is 6.08 Å². The predicted octanol–water partition coefficient (Wildman–Crippen LogP) is 1.37. The third-order valence-electron chi connectivity index (χ3n) is 2.63. The Hall–Kier alpha value is -0.910. The first-order valence-electron chi connectivity index (χ1n) is 5.50. The summed E-state index contributed by atoms with van der Waals surface area (Å²) >= 11 is 0. The fourth-order valence-corrected chi connectivity index (χ4v) is 1.85. The molecule has 0 saturated heterocycles. The van der Waals surface area contributed by atoms with Crippen LogP contribution in [0, 0.1) is 0 Å². The van der Waals surface area contributed by atoms with Crippen molar-refractivity contribution in [2.24, 2.45) is 0 Å². The fourth-order valence-electron chi connectivity index (χ4n) is 1.85. The molecule has 0 bridgehead atoms. The van der Waals surface area contributed by atoms with Crippen LogP contribution < -0.4 is 5.48 Å². The van der Waals surface area contributed by atoms with Gasteiger partial charge in [0.05, 0.1) is 6.10 Å². The maximum atomic E-state index is 10.8. The van der Waals surface area contributed by atoms with Crippen LogP contribution in [0.2, 0.25) is 0 Å². The van der Waals surface area contributed by atoms with E-state index in [0.717, 1.165) is 25.7 Å². The highest BCUT2D eigenvalue weighted by atomic mass is 16.7. The van der Waals surface area contributed by atoms with Gasteiger partial charge >= 0.3 is 0 Å². The van der Waals surface area contributed by atoms with Crippen molar-refractivity contribution < 1.29 is 19.5 Å². The number of nitrogens with one attached hydrogen (secondary N) is 1. The van der Waals surface area contributed by atoms with E-state index in [-0.39, 0.29) is 12.0 Å². The first-order valence-corrected chi connectivity index (χ1v) is 5.50. The Bertz CT molecular complexity index is 252. The highest BCUT2D eigenvalue weighted by Gasteiger charge is 2.19. The topological polar surface area (TPSA) is 67.8 Å². The third kappa shape index (κ3) is 4.30. The van der Waals surface area contributed by atoms with Gasteiger partial charge in [-0.05, 0) is 31.3 Å². The highest BCUT2D eigenvalue weighted by molar-refractivity contribution is 5.74. The zero-order valence-corrected chi connectivity index (χ0v) is 9.57. The number of amides is 1. The van der Waals surface area contributed by atoms with Gasteiger partial charge in [0.25, 0.3) is 0 Å². The van der Waals surface area contributed by atoms with Gasteiger partial charge < -0.3 is 9.47 Å². The van der Waals surface area contributed by atoms with E-state index in [9.17, 15) is 4.79 Å². The summed E-state index contributed by atoms with van der Waals surface area (Å²) in [6, 6.07) is 0. The Morgan fingerprint density at radius 1 is 1.69 bits per heavy atom. The fraction of sp³-hybridized carbons (Fsp3) is 0.727. The minimum Gasteiger partial charge on any atom is -0.359 e. The van der Waals surface area contributed by atoms with Crippen molar-refractivity contribution in [3.8, 4) is 0 Å². The molecule has 5 nitrogen and oxygen atoms in total. The van der Waals surface area contributed by atoms with E-state index in [4.69, 9.17) is 14.7 Å². The van der Waals surface area contributed by atoms with Crippen LogP contribution in [0.3, 0.4) is 0 Å². The minimum atomic E-state index is -0.340. The van der Waals surface area contributed by atoms with Gasteiger partial charge in [0, 0.05) is 13.5 Å². The molecule has 92 valence electrons. The summed E-state index contributed by atoms with van der Waals surface area (Å²) in [6.07, 6.45) is 6.22. The summed E-state index contributed by atoms with van der Waals surface area (Å²) < 4.78 is 10.4. The molecule has 0 aliphatic heterocycles. The van der Waals surface area contributed by atoms with E-state index < -0.39 is 0 Å². The lowest BCUT2D eigenvalue weighted by molar-refractivity contribution is -0.129. The van der Waals surface area contributed by atoms with Gasteiger partial charge in [0.2, 0.25) is 5.91 Å². The Balaban J connectivity index is 2.22. The van der Waals surface area contributed by atoms with Gasteiger partial charge in [-0.1, -0.05) is 6.08 Å². The number of rotatable bonds is 7. The SMILES string of the molecule is COCO[C@@H]1CCC=C1CCCC(=O)NO. The van der Waals surface area contributed by atoms with E-state index >= 15 is 0 Å². The van der Waals surface area contributed by atoms with E-state index in [0.29, 0.717) is 13.2 Å². The third-order valence-corrected chi connectivity index (χ3v) is 2.63. The average molecular weight is 229 g/mol. The summed E-state index contributed by atoms with van der Waals surface area (Å²) in [5, 5.41) is 8.34. The molecule has 0 aromatic carbocycles. The van der Waals surface area contributed by atoms with Crippen LogP contribution in [0.4, 0.5) is 0 Å². The Labute approximate surface area is 95.4 Å². The lowest BCUT2D eigenvalue weighted by Crippen LogP contribution is -2.18. The van der Waals surface area contributed by atoms with Crippen molar-refractivity contribution in [3.05, 3.63) is 11.6 Å². The molecule has 1 aliphatic carbocycles. The average Bonchev–Trinajstić information content (AvgIpc) is 2.73. The molecular formula is C11H19NO4. The number of allylic oxidation sites excluding steroid dienone is 1. The van der Waals surface area contributed by atoms with Gasteiger partial charge in [0.1, 0.15) is 6.79 Å². The van der Waals surface area contributed by atoms with E-state index in [1.807, 2.05) is 0 Å². The van der Waals surface area contributed by atoms with Crippen molar-refractivity contribution in [2.75, 3.05) is 13.9 Å². The summed E-state index contributed by atoms with van der Waals surface area (Å²) in [7, 11) is 1.60. The summed E-state index contributed by atoms with van der Waals surface area (Å²) in [5.74, 6) is -0.340. The summed E-state index contributed by atoms with van der Waals surface area (Å²) in [4.78, 5) is 10.8.